The van der Waals surface area contributed by atoms with Gasteiger partial charge in [-0.2, -0.15) is 0 Å². The van der Waals surface area contributed by atoms with Crippen molar-refractivity contribution < 1.29 is 9.59 Å². The fourth-order valence-corrected chi connectivity index (χ4v) is 3.17. The van der Waals surface area contributed by atoms with Crippen LogP contribution in [0.2, 0.25) is 10.4 Å². The molecule has 7 nitrogen and oxygen atoms in total. The third-order valence-electron chi connectivity index (χ3n) is 4.81. The Morgan fingerprint density at radius 3 is 2.26 bits per heavy atom. The zero-order valence-electron chi connectivity index (χ0n) is 14.3. The van der Waals surface area contributed by atoms with Gasteiger partial charge in [-0.15, -0.1) is 0 Å². The van der Waals surface area contributed by atoms with Crippen molar-refractivity contribution in [3.63, 3.8) is 0 Å². The Labute approximate surface area is 162 Å². The predicted octanol–water partition coefficient (Wildman–Crippen LogP) is -3.53. The van der Waals surface area contributed by atoms with Crippen molar-refractivity contribution in [3.05, 3.63) is 28.3 Å². The van der Waals surface area contributed by atoms with Crippen molar-refractivity contribution in [1.82, 2.24) is 14.9 Å². The molecule has 27 heavy (non-hydrogen) atoms. The maximum Gasteiger partial charge on any atom is 0.263 e. The highest BCUT2D eigenvalue weighted by molar-refractivity contribution is 6.66. The van der Waals surface area contributed by atoms with Crippen LogP contribution in [0.1, 0.15) is 5.82 Å². The number of nitrogens with one attached hydrogen (secondary N) is 1. The van der Waals surface area contributed by atoms with E-state index >= 15 is 0 Å². The molecule has 13 heteroatoms. The lowest BCUT2D eigenvalue weighted by atomic mass is 9.21. The monoisotopic (exact) mass is 346 g/mol. The van der Waals surface area contributed by atoms with Crippen LogP contribution in [0.15, 0.2) is 16.9 Å². The first-order chi connectivity index (χ1) is 12.3. The first-order valence-corrected chi connectivity index (χ1v) is 7.66. The highest BCUT2D eigenvalue weighted by Crippen LogP contribution is 2.54. The van der Waals surface area contributed by atoms with E-state index in [1.54, 1.807) is 0 Å². The molecular weight excluding hydrogens is 337 g/mol. The summed E-state index contributed by atoms with van der Waals surface area (Å²) in [6, 6.07) is 2.76. The van der Waals surface area contributed by atoms with Crippen molar-refractivity contribution in [2.24, 2.45) is 0 Å². The molecule has 120 valence electrons. The van der Waals surface area contributed by atoms with Gasteiger partial charge >= 0.3 is 0 Å². The van der Waals surface area contributed by atoms with Crippen LogP contribution in [-0.4, -0.2) is 68.4 Å². The second kappa shape index (κ2) is 5.59. The molecule has 2 aromatic rings. The summed E-state index contributed by atoms with van der Waals surface area (Å²) >= 11 is 0. The van der Waals surface area contributed by atoms with Gasteiger partial charge in [-0.3, -0.25) is 24.3 Å². The van der Waals surface area contributed by atoms with Crippen LogP contribution in [-0.2, 0) is 15.0 Å². The average molecular weight is 345 g/mol. The number of hydrogen-bond donors (Lipinski definition) is 2. The minimum absolute atomic E-state index is 0.00135. The summed E-state index contributed by atoms with van der Waals surface area (Å²) < 4.78 is 0.720. The van der Waals surface area contributed by atoms with Gasteiger partial charge in [0, 0.05) is 5.69 Å². The summed E-state index contributed by atoms with van der Waals surface area (Å²) in [7, 11) is 35.3. The minimum atomic E-state index is -2.56. The molecule has 1 aliphatic heterocycles. The number of benzene rings is 1. The number of fused-ring (bicyclic) bond motifs is 1. The Bertz CT molecular complexity index is 1080. The van der Waals surface area contributed by atoms with Crippen LogP contribution < -0.4 is 22.1 Å². The number of nitrogen functional groups attached to an aromatic ring is 1. The molecule has 3 N–H and O–H groups in total. The third kappa shape index (κ3) is 2.29. The smallest absolute Gasteiger partial charge is 0.263 e. The van der Waals surface area contributed by atoms with Gasteiger partial charge in [0.15, 0.2) is 0 Å². The van der Waals surface area contributed by atoms with Crippen molar-refractivity contribution in [2.75, 3.05) is 5.73 Å². The lowest BCUT2D eigenvalue weighted by molar-refractivity contribution is -0.139. The van der Waals surface area contributed by atoms with E-state index in [0.29, 0.717) is 0 Å². The van der Waals surface area contributed by atoms with E-state index in [0.717, 1.165) is 4.57 Å². The SMILES string of the molecule is [B]c1cc(N)c2c(=O)n(C3([B])C(=O)NC(=O)C([B])([B])C3([B])[B])c(C)nc2c1. The Morgan fingerprint density at radius 1 is 1.07 bits per heavy atom. The molecule has 0 bridgehead atoms. The molecule has 12 radical (unpaired) electrons. The van der Waals surface area contributed by atoms with E-state index in [2.05, 4.69) is 4.98 Å². The molecule has 3 rings (SSSR count). The normalized spacial score (nSPS) is 23.9. The molecule has 0 saturated carbocycles. The number of aromatic nitrogens is 2. The van der Waals surface area contributed by atoms with Crippen molar-refractivity contribution in [3.8, 4) is 0 Å². The summed E-state index contributed by atoms with van der Waals surface area (Å²) in [6.45, 7) is 1.38. The first-order valence-electron chi connectivity index (χ1n) is 7.66. The van der Waals surface area contributed by atoms with Crippen LogP contribution in [0.4, 0.5) is 5.69 Å². The van der Waals surface area contributed by atoms with E-state index in [1.807, 2.05) is 5.32 Å². The number of carbonyl (C=O) groups is 2. The average Bonchev–Trinajstić information content (AvgIpc) is 2.51. The Kier molecular flexibility index (Phi) is 4.03. The molecule has 1 unspecified atom stereocenters. The highest BCUT2D eigenvalue weighted by Gasteiger charge is 2.60. The third-order valence-corrected chi connectivity index (χ3v) is 4.81. The molecule has 0 aliphatic carbocycles. The standard InChI is InChI=1S/C14H8B6N4O3/c1-4-22-7-3-5(15)2-6(21)8(7)9(25)24(4)13(18)11(27)23-10(26)12(16,17)14(13,19)20/h2-3H,21H2,1H3,(H,23,26,27). The number of rotatable bonds is 1. The van der Waals surface area contributed by atoms with Crippen LogP contribution in [0.25, 0.3) is 10.9 Å². The van der Waals surface area contributed by atoms with Crippen LogP contribution in [0.5, 0.6) is 0 Å². The molecule has 1 fully saturated rings. The van der Waals surface area contributed by atoms with Gasteiger partial charge in [-0.1, -0.05) is 10.7 Å². The van der Waals surface area contributed by atoms with Gasteiger partial charge in [-0.25, -0.2) is 4.98 Å². The highest BCUT2D eigenvalue weighted by atomic mass is 16.2. The van der Waals surface area contributed by atoms with E-state index in [1.165, 1.54) is 19.1 Å². The molecule has 1 aromatic carbocycles. The first kappa shape index (κ1) is 19.5. The van der Waals surface area contributed by atoms with Gasteiger partial charge in [0.25, 0.3) is 5.56 Å². The molecule has 1 atom stereocenters. The van der Waals surface area contributed by atoms with Gasteiger partial charge < -0.3 is 5.73 Å². The number of nitrogens with two attached hydrogens (primary N) is 1. The molecular formula is C14H8B6N4O3. The predicted molar refractivity (Wildman–Crippen MR) is 106 cm³/mol. The number of anilines is 1. The summed E-state index contributed by atoms with van der Waals surface area (Å²) in [5.41, 5.74) is 2.95. The van der Waals surface area contributed by atoms with E-state index in [-0.39, 0.29) is 27.9 Å². The Hall–Kier alpha value is -2.31. The van der Waals surface area contributed by atoms with E-state index in [9.17, 15) is 14.4 Å². The van der Waals surface area contributed by atoms with Gasteiger partial charge in [0.05, 0.1) is 47.7 Å². The molecule has 0 spiro atoms. The summed E-state index contributed by atoms with van der Waals surface area (Å²) in [5, 5.41) is -3.23. The number of imide groups is 1. The van der Waals surface area contributed by atoms with E-state index < -0.39 is 33.2 Å². The topological polar surface area (TPSA) is 107 Å². The fourth-order valence-electron chi connectivity index (χ4n) is 3.17. The number of aryl methyl sites for hydroxylation is 1. The number of piperidine rings is 1. The summed E-state index contributed by atoms with van der Waals surface area (Å²) in [5.74, 6) is -2.38. The van der Waals surface area contributed by atoms with Crippen LogP contribution in [0, 0.1) is 6.92 Å². The van der Waals surface area contributed by atoms with Crippen molar-refractivity contribution in [1.29, 1.82) is 0 Å². The summed E-state index contributed by atoms with van der Waals surface area (Å²) in [6.07, 6.45) is 0. The maximum absolute atomic E-state index is 13.2. The maximum atomic E-state index is 13.2. The quantitative estimate of drug-likeness (QED) is 0.316. The number of amides is 2. The molecule has 1 aliphatic rings. The minimum Gasteiger partial charge on any atom is -0.398 e. The largest absolute Gasteiger partial charge is 0.398 e. The van der Waals surface area contributed by atoms with Crippen LogP contribution in [0.3, 0.4) is 0 Å². The number of hydrogen-bond acceptors (Lipinski definition) is 5. The van der Waals surface area contributed by atoms with Gasteiger partial charge in [0.1, 0.15) is 21.5 Å². The molecule has 2 amide bonds. The van der Waals surface area contributed by atoms with E-state index in [4.69, 9.17) is 52.8 Å². The second-order valence-electron chi connectivity index (χ2n) is 6.59. The van der Waals surface area contributed by atoms with Crippen LogP contribution >= 0.6 is 0 Å². The number of carbonyl (C=O) groups excluding carboxylic acids is 2. The van der Waals surface area contributed by atoms with Crippen molar-refractivity contribution >= 4 is 80.9 Å². The van der Waals surface area contributed by atoms with Crippen molar-refractivity contribution in [2.45, 2.75) is 22.8 Å². The van der Waals surface area contributed by atoms with Gasteiger partial charge in [-0.05, 0) is 24.3 Å². The second-order valence-corrected chi connectivity index (χ2v) is 6.59. The van der Waals surface area contributed by atoms with Gasteiger partial charge in [0.2, 0.25) is 11.8 Å². The molecule has 1 aromatic heterocycles. The summed E-state index contributed by atoms with van der Waals surface area (Å²) in [4.78, 5) is 42.0. The lowest BCUT2D eigenvalue weighted by Crippen LogP contribution is -2.71. The lowest BCUT2D eigenvalue weighted by Gasteiger charge is -2.58. The fraction of sp³-hybridized carbons (Fsp3) is 0.286. The number of nitrogens with zero attached hydrogens (tertiary/aromatic N) is 2. The zero-order valence-corrected chi connectivity index (χ0v) is 14.3. The Balaban J connectivity index is 2.45. The molecule has 1 saturated heterocycles. The molecule has 2 heterocycles. The Morgan fingerprint density at radius 2 is 1.67 bits per heavy atom. The zero-order chi connectivity index (χ0) is 20.5.